The molecule has 0 aromatic heterocycles. The van der Waals surface area contributed by atoms with Crippen molar-refractivity contribution < 1.29 is 23.6 Å². The van der Waals surface area contributed by atoms with Crippen LogP contribution >= 0.6 is 20.0 Å². The molecule has 0 fully saturated rings. The zero-order valence-corrected chi connectivity index (χ0v) is 10.5. The Bertz CT molecular complexity index is 407. The van der Waals surface area contributed by atoms with Gasteiger partial charge in [-0.3, -0.25) is 4.52 Å². The summed E-state index contributed by atoms with van der Waals surface area (Å²) in [7, 11) is -4.48. The molecule has 17 heavy (non-hydrogen) atoms. The Kier molecular flexibility index (Phi) is 5.54. The first kappa shape index (κ1) is 14.1. The number of nitrogens with one attached hydrogen (secondary N) is 1. The molecule has 0 unspecified atom stereocenters. The topological polar surface area (TPSA) is 88.0 Å². The van der Waals surface area contributed by atoms with Crippen LogP contribution in [0.25, 0.3) is 0 Å². The van der Waals surface area contributed by atoms with Crippen molar-refractivity contribution in [2.75, 3.05) is 6.73 Å². The predicted octanol–water partition coefficient (Wildman–Crippen LogP) is 1.14. The first-order valence-corrected chi connectivity index (χ1v) is 6.56. The average Bonchev–Trinajstić information content (AvgIpc) is 2.26. The van der Waals surface area contributed by atoms with E-state index in [-0.39, 0.29) is 11.8 Å². The minimum atomic E-state index is -4.48. The van der Waals surface area contributed by atoms with Crippen LogP contribution in [0.5, 0.6) is 0 Å². The molecule has 6 nitrogen and oxygen atoms in total. The van der Waals surface area contributed by atoms with Gasteiger partial charge in [0.1, 0.15) is 13.3 Å². The highest BCUT2D eigenvalue weighted by atomic mass is 32.1. The summed E-state index contributed by atoms with van der Waals surface area (Å²) in [6.45, 7) is -0.125. The number of phosphoric ester groups is 1. The quantitative estimate of drug-likeness (QED) is 0.422. The van der Waals surface area contributed by atoms with Crippen molar-refractivity contribution in [1.29, 1.82) is 0 Å². The molecule has 8 heteroatoms. The smallest absolute Gasteiger partial charge is 0.466 e. The molecule has 0 aliphatic heterocycles. The van der Waals surface area contributed by atoms with E-state index in [1.54, 1.807) is 0 Å². The van der Waals surface area contributed by atoms with Crippen molar-refractivity contribution in [3.8, 4) is 0 Å². The van der Waals surface area contributed by atoms with Gasteiger partial charge < -0.3 is 19.8 Å². The first-order valence-electron chi connectivity index (χ1n) is 4.62. The SMILES string of the molecule is O=P(O)(O)OCNC(=S)OCc1ccccc1. The highest BCUT2D eigenvalue weighted by molar-refractivity contribution is 7.80. The normalized spacial score (nSPS) is 10.9. The Balaban J connectivity index is 2.20. The van der Waals surface area contributed by atoms with Gasteiger partial charge >= 0.3 is 7.82 Å². The van der Waals surface area contributed by atoms with Crippen LogP contribution in [-0.2, 0) is 20.4 Å². The molecule has 1 aromatic carbocycles. The summed E-state index contributed by atoms with van der Waals surface area (Å²) >= 11 is 4.78. The van der Waals surface area contributed by atoms with E-state index in [0.29, 0.717) is 0 Å². The zero-order chi connectivity index (χ0) is 12.7. The van der Waals surface area contributed by atoms with Crippen LogP contribution < -0.4 is 5.32 Å². The highest BCUT2D eigenvalue weighted by Crippen LogP contribution is 2.34. The maximum atomic E-state index is 10.3. The summed E-state index contributed by atoms with van der Waals surface area (Å²) in [5.74, 6) is 0. The molecule has 0 amide bonds. The van der Waals surface area contributed by atoms with E-state index in [1.807, 2.05) is 30.3 Å². The van der Waals surface area contributed by atoms with Crippen LogP contribution in [0.3, 0.4) is 0 Å². The Morgan fingerprint density at radius 3 is 2.59 bits per heavy atom. The van der Waals surface area contributed by atoms with Crippen molar-refractivity contribution in [2.45, 2.75) is 6.61 Å². The second-order valence-electron chi connectivity index (χ2n) is 3.00. The van der Waals surface area contributed by atoms with Gasteiger partial charge in [-0.25, -0.2) is 4.57 Å². The van der Waals surface area contributed by atoms with E-state index in [2.05, 4.69) is 9.84 Å². The number of rotatable bonds is 5. The molecule has 0 aliphatic carbocycles. The summed E-state index contributed by atoms with van der Waals surface area (Å²) in [4.78, 5) is 16.8. The van der Waals surface area contributed by atoms with E-state index in [0.717, 1.165) is 5.56 Å². The van der Waals surface area contributed by atoms with E-state index in [4.69, 9.17) is 26.7 Å². The van der Waals surface area contributed by atoms with Crippen LogP contribution in [0.1, 0.15) is 5.56 Å². The highest BCUT2D eigenvalue weighted by Gasteiger charge is 2.13. The number of ether oxygens (including phenoxy) is 1. The fraction of sp³-hybridized carbons (Fsp3) is 0.222. The van der Waals surface area contributed by atoms with Gasteiger partial charge in [0.15, 0.2) is 0 Å². The summed E-state index contributed by atoms with van der Waals surface area (Å²) < 4.78 is 19.6. The second kappa shape index (κ2) is 6.68. The molecule has 3 N–H and O–H groups in total. The van der Waals surface area contributed by atoms with Crippen molar-refractivity contribution in [2.24, 2.45) is 0 Å². The Morgan fingerprint density at radius 1 is 1.35 bits per heavy atom. The predicted molar refractivity (Wildman–Crippen MR) is 65.0 cm³/mol. The third kappa shape index (κ3) is 7.04. The summed E-state index contributed by atoms with van der Waals surface area (Å²) in [6, 6.07) is 9.36. The van der Waals surface area contributed by atoms with Gasteiger partial charge in [0.25, 0.3) is 5.17 Å². The number of benzene rings is 1. The molecule has 0 spiro atoms. The van der Waals surface area contributed by atoms with Crippen molar-refractivity contribution in [1.82, 2.24) is 5.32 Å². The van der Waals surface area contributed by atoms with Crippen LogP contribution in [-0.4, -0.2) is 21.7 Å². The lowest BCUT2D eigenvalue weighted by Crippen LogP contribution is -2.25. The molecule has 0 heterocycles. The summed E-state index contributed by atoms with van der Waals surface area (Å²) in [5, 5.41) is 2.42. The van der Waals surface area contributed by atoms with Gasteiger partial charge in [0.05, 0.1) is 0 Å². The number of phosphoric acid groups is 1. The summed E-state index contributed by atoms with van der Waals surface area (Å²) in [5.41, 5.74) is 0.938. The van der Waals surface area contributed by atoms with Crippen LogP contribution in [0.2, 0.25) is 0 Å². The molecule has 0 aliphatic rings. The minimum Gasteiger partial charge on any atom is -0.466 e. The molecule has 94 valence electrons. The van der Waals surface area contributed by atoms with Crippen LogP contribution in [0, 0.1) is 0 Å². The largest absolute Gasteiger partial charge is 0.471 e. The first-order chi connectivity index (χ1) is 7.97. The number of hydrogen-bond acceptors (Lipinski definition) is 4. The Hall–Kier alpha value is -0.980. The Morgan fingerprint density at radius 2 is 2.00 bits per heavy atom. The van der Waals surface area contributed by atoms with Gasteiger partial charge in [-0.2, -0.15) is 0 Å². The van der Waals surface area contributed by atoms with Gasteiger partial charge in [-0.05, 0) is 17.8 Å². The third-order valence-electron chi connectivity index (χ3n) is 1.66. The van der Waals surface area contributed by atoms with Gasteiger partial charge in [-0.1, -0.05) is 30.3 Å². The number of thiocarbonyl (C=S) groups is 1. The molecule has 1 rings (SSSR count). The molecule has 0 saturated heterocycles. The molecule has 0 radical (unpaired) electrons. The average molecular weight is 277 g/mol. The van der Waals surface area contributed by atoms with Gasteiger partial charge in [0, 0.05) is 0 Å². The van der Waals surface area contributed by atoms with E-state index in [1.165, 1.54) is 0 Å². The zero-order valence-electron chi connectivity index (χ0n) is 8.78. The lowest BCUT2D eigenvalue weighted by molar-refractivity contribution is 0.185. The molecule has 0 bridgehead atoms. The maximum Gasteiger partial charge on any atom is 0.471 e. The van der Waals surface area contributed by atoms with Gasteiger partial charge in [0.2, 0.25) is 0 Å². The van der Waals surface area contributed by atoms with Crippen molar-refractivity contribution in [3.63, 3.8) is 0 Å². The van der Waals surface area contributed by atoms with Gasteiger partial charge in [-0.15, -0.1) is 0 Å². The van der Waals surface area contributed by atoms with Crippen LogP contribution in [0.4, 0.5) is 0 Å². The van der Waals surface area contributed by atoms with Crippen molar-refractivity contribution >= 4 is 25.2 Å². The standard InChI is InChI=1S/C9H12NO5PS/c11-16(12,13)15-7-10-9(17)14-6-8-4-2-1-3-5-8/h1-5H,6-7H2,(H,10,17)(H2,11,12,13). The fourth-order valence-electron chi connectivity index (χ4n) is 0.949. The fourth-order valence-corrected chi connectivity index (χ4v) is 1.30. The number of hydrogen-bond donors (Lipinski definition) is 3. The molecular formula is C9H12NO5PS. The third-order valence-corrected chi connectivity index (χ3v) is 2.39. The maximum absolute atomic E-state index is 10.3. The molecule has 0 atom stereocenters. The lowest BCUT2D eigenvalue weighted by atomic mass is 10.2. The summed E-state index contributed by atoms with van der Waals surface area (Å²) in [6.07, 6.45) is 0. The minimum absolute atomic E-state index is 0.0160. The molecule has 1 aromatic rings. The monoisotopic (exact) mass is 277 g/mol. The second-order valence-corrected chi connectivity index (χ2v) is 4.61. The molecule has 0 saturated carbocycles. The van der Waals surface area contributed by atoms with E-state index < -0.39 is 14.6 Å². The Labute approximate surface area is 104 Å². The molecular weight excluding hydrogens is 265 g/mol. The van der Waals surface area contributed by atoms with Crippen LogP contribution in [0.15, 0.2) is 30.3 Å². The van der Waals surface area contributed by atoms with E-state index in [9.17, 15) is 4.57 Å². The lowest BCUT2D eigenvalue weighted by Gasteiger charge is -2.10. The van der Waals surface area contributed by atoms with E-state index >= 15 is 0 Å². The van der Waals surface area contributed by atoms with Crippen molar-refractivity contribution in [3.05, 3.63) is 35.9 Å².